The molecule has 0 saturated carbocycles. The van der Waals surface area contributed by atoms with Gasteiger partial charge in [-0.2, -0.15) is 0 Å². The van der Waals surface area contributed by atoms with E-state index in [1.807, 2.05) is 0 Å². The normalized spacial score (nSPS) is 12.7. The molecule has 0 bridgehead atoms. The van der Waals surface area contributed by atoms with Crippen LogP contribution in [0.2, 0.25) is 0 Å². The van der Waals surface area contributed by atoms with Crippen LogP contribution in [-0.4, -0.2) is 37.8 Å². The van der Waals surface area contributed by atoms with E-state index in [0.717, 1.165) is 17.7 Å². The molecule has 2 aromatic rings. The third kappa shape index (κ3) is 5.35. The molecule has 0 saturated heterocycles. The van der Waals surface area contributed by atoms with Gasteiger partial charge in [0, 0.05) is 13.2 Å². The summed E-state index contributed by atoms with van der Waals surface area (Å²) in [6.07, 6.45) is 0.546. The van der Waals surface area contributed by atoms with Crippen LogP contribution < -0.4 is 4.72 Å². The van der Waals surface area contributed by atoms with Crippen LogP contribution in [0.25, 0.3) is 0 Å². The van der Waals surface area contributed by atoms with Crippen LogP contribution in [0.3, 0.4) is 0 Å². The number of carboxylic acids is 1. The Labute approximate surface area is 151 Å². The van der Waals surface area contributed by atoms with Gasteiger partial charge in [-0.25, -0.2) is 17.5 Å². The molecule has 0 aliphatic heterocycles. The fourth-order valence-corrected chi connectivity index (χ4v) is 3.54. The molecule has 8 heteroatoms. The molecule has 26 heavy (non-hydrogen) atoms. The Morgan fingerprint density at radius 2 is 1.69 bits per heavy atom. The minimum Gasteiger partial charge on any atom is -0.481 e. The Hall–Kier alpha value is -2.29. The van der Waals surface area contributed by atoms with E-state index in [1.54, 1.807) is 24.3 Å². The molecule has 1 unspecified atom stereocenters. The van der Waals surface area contributed by atoms with E-state index in [2.05, 4.69) is 4.72 Å². The molecular formula is C18H20FNO5S. The zero-order valence-electron chi connectivity index (χ0n) is 13.9. The van der Waals surface area contributed by atoms with Crippen molar-refractivity contribution in [3.8, 4) is 0 Å². The van der Waals surface area contributed by atoms with Crippen LogP contribution >= 0.6 is 0 Å². The summed E-state index contributed by atoms with van der Waals surface area (Å²) in [6.45, 7) is -0.0675. The minimum atomic E-state index is -3.71. The van der Waals surface area contributed by atoms with Crippen LogP contribution in [-0.2, 0) is 21.2 Å². The molecule has 0 aliphatic rings. The Balaban J connectivity index is 1.95. The fourth-order valence-electron chi connectivity index (χ4n) is 2.51. The number of aliphatic hydroxyl groups is 1. The van der Waals surface area contributed by atoms with Crippen molar-refractivity contribution in [2.24, 2.45) is 0 Å². The summed E-state index contributed by atoms with van der Waals surface area (Å²) in [7, 11) is -3.71. The van der Waals surface area contributed by atoms with Crippen molar-refractivity contribution < 1.29 is 27.8 Å². The molecule has 3 N–H and O–H groups in total. The van der Waals surface area contributed by atoms with E-state index in [-0.39, 0.29) is 24.5 Å². The average molecular weight is 381 g/mol. The number of nitrogens with one attached hydrogen (secondary N) is 1. The summed E-state index contributed by atoms with van der Waals surface area (Å²) in [6, 6.07) is 11.3. The minimum absolute atomic E-state index is 0.0115. The molecule has 0 amide bonds. The van der Waals surface area contributed by atoms with Crippen molar-refractivity contribution >= 4 is 16.0 Å². The number of rotatable bonds is 9. The summed E-state index contributed by atoms with van der Waals surface area (Å²) < 4.78 is 39.5. The van der Waals surface area contributed by atoms with Crippen molar-refractivity contribution in [3.05, 3.63) is 65.5 Å². The molecule has 2 aromatic carbocycles. The highest BCUT2D eigenvalue weighted by molar-refractivity contribution is 7.89. The van der Waals surface area contributed by atoms with E-state index in [0.29, 0.717) is 12.0 Å². The van der Waals surface area contributed by atoms with E-state index in [9.17, 15) is 22.7 Å². The first-order valence-electron chi connectivity index (χ1n) is 8.01. The number of hydrogen-bond donors (Lipinski definition) is 3. The highest BCUT2D eigenvalue weighted by Gasteiger charge is 2.19. The first-order chi connectivity index (χ1) is 12.3. The second-order valence-electron chi connectivity index (χ2n) is 5.75. The number of carbonyl (C=O) groups is 1. The van der Waals surface area contributed by atoms with E-state index >= 15 is 0 Å². The van der Waals surface area contributed by atoms with Gasteiger partial charge >= 0.3 is 5.97 Å². The van der Waals surface area contributed by atoms with Crippen molar-refractivity contribution in [2.45, 2.75) is 23.7 Å². The smallest absolute Gasteiger partial charge is 0.311 e. The molecule has 1 atom stereocenters. The third-order valence-corrected chi connectivity index (χ3v) is 5.40. The van der Waals surface area contributed by atoms with E-state index in [1.165, 1.54) is 12.1 Å². The van der Waals surface area contributed by atoms with Crippen LogP contribution in [0.1, 0.15) is 23.5 Å². The zero-order chi connectivity index (χ0) is 19.2. The molecule has 0 heterocycles. The summed E-state index contributed by atoms with van der Waals surface area (Å²) in [4.78, 5) is 11.2. The predicted octanol–water partition coefficient (Wildman–Crippen LogP) is 1.90. The van der Waals surface area contributed by atoms with Gasteiger partial charge in [0.15, 0.2) is 0 Å². The number of aliphatic hydroxyl groups excluding tert-OH is 1. The molecule has 0 aliphatic carbocycles. The summed E-state index contributed by atoms with van der Waals surface area (Å²) in [5.74, 6) is -2.28. The van der Waals surface area contributed by atoms with E-state index < -0.39 is 27.7 Å². The Kier molecular flexibility index (Phi) is 6.84. The van der Waals surface area contributed by atoms with Crippen molar-refractivity contribution in [1.82, 2.24) is 4.72 Å². The van der Waals surface area contributed by atoms with Gasteiger partial charge in [-0.3, -0.25) is 4.79 Å². The van der Waals surface area contributed by atoms with Gasteiger partial charge in [0.1, 0.15) is 5.82 Å². The van der Waals surface area contributed by atoms with Gasteiger partial charge < -0.3 is 10.2 Å². The first kappa shape index (κ1) is 20.0. The van der Waals surface area contributed by atoms with Gasteiger partial charge in [-0.1, -0.05) is 24.3 Å². The lowest BCUT2D eigenvalue weighted by molar-refractivity contribution is -0.139. The lowest BCUT2D eigenvalue weighted by Crippen LogP contribution is -2.26. The second-order valence-corrected chi connectivity index (χ2v) is 7.51. The molecule has 2 rings (SSSR count). The van der Waals surface area contributed by atoms with Crippen molar-refractivity contribution in [3.63, 3.8) is 0 Å². The number of benzene rings is 2. The number of hydrogen-bond acceptors (Lipinski definition) is 4. The SMILES string of the molecule is O=C(O)C(CCO)c1ccc(CCNS(=O)(=O)c2ccc(F)cc2)cc1. The van der Waals surface area contributed by atoms with Crippen LogP contribution in [0, 0.1) is 5.82 Å². The van der Waals surface area contributed by atoms with Gasteiger partial charge in [0.05, 0.1) is 10.8 Å². The molecule has 0 aromatic heterocycles. The van der Waals surface area contributed by atoms with Crippen molar-refractivity contribution in [2.75, 3.05) is 13.2 Å². The van der Waals surface area contributed by atoms with Crippen LogP contribution in [0.4, 0.5) is 4.39 Å². The topological polar surface area (TPSA) is 104 Å². The average Bonchev–Trinajstić information content (AvgIpc) is 2.60. The largest absolute Gasteiger partial charge is 0.481 e. The summed E-state index contributed by atoms with van der Waals surface area (Å²) in [5, 5.41) is 18.1. The third-order valence-electron chi connectivity index (χ3n) is 3.93. The Morgan fingerprint density at radius 3 is 2.23 bits per heavy atom. The Morgan fingerprint density at radius 1 is 1.08 bits per heavy atom. The number of halogens is 1. The lowest BCUT2D eigenvalue weighted by atomic mass is 9.95. The van der Waals surface area contributed by atoms with Crippen molar-refractivity contribution in [1.29, 1.82) is 0 Å². The highest BCUT2D eigenvalue weighted by atomic mass is 32.2. The predicted molar refractivity (Wildman–Crippen MR) is 93.8 cm³/mol. The standard InChI is InChI=1S/C18H20FNO5S/c19-15-5-7-16(8-6-15)26(24,25)20-11-9-13-1-3-14(4-2-13)17(10-12-21)18(22)23/h1-8,17,20-21H,9-12H2,(H,22,23). The zero-order valence-corrected chi connectivity index (χ0v) is 14.7. The van der Waals surface area contributed by atoms with Crippen LogP contribution in [0.5, 0.6) is 0 Å². The van der Waals surface area contributed by atoms with E-state index in [4.69, 9.17) is 5.11 Å². The summed E-state index contributed by atoms with van der Waals surface area (Å²) in [5.41, 5.74) is 1.42. The molecule has 0 radical (unpaired) electrons. The van der Waals surface area contributed by atoms with Gasteiger partial charge in [0.2, 0.25) is 10.0 Å². The number of sulfonamides is 1. The Bertz CT molecular complexity index is 835. The first-order valence-corrected chi connectivity index (χ1v) is 9.49. The maximum absolute atomic E-state index is 12.9. The lowest BCUT2D eigenvalue weighted by Gasteiger charge is -2.12. The van der Waals surface area contributed by atoms with Gasteiger partial charge in [0.25, 0.3) is 0 Å². The number of aliphatic carboxylic acids is 1. The molecule has 140 valence electrons. The number of carboxylic acid groups (broad SMARTS) is 1. The molecule has 0 fully saturated rings. The van der Waals surface area contributed by atoms with Gasteiger partial charge in [-0.05, 0) is 48.2 Å². The molecule has 6 nitrogen and oxygen atoms in total. The van der Waals surface area contributed by atoms with Gasteiger partial charge in [-0.15, -0.1) is 0 Å². The maximum atomic E-state index is 12.9. The quantitative estimate of drug-likeness (QED) is 0.615. The van der Waals surface area contributed by atoms with Crippen LogP contribution in [0.15, 0.2) is 53.4 Å². The fraction of sp³-hybridized carbons (Fsp3) is 0.278. The summed E-state index contributed by atoms with van der Waals surface area (Å²) >= 11 is 0. The molecular weight excluding hydrogens is 361 g/mol. The highest BCUT2D eigenvalue weighted by Crippen LogP contribution is 2.20. The maximum Gasteiger partial charge on any atom is 0.311 e. The second kappa shape index (κ2) is 8.88. The molecule has 0 spiro atoms. The monoisotopic (exact) mass is 381 g/mol.